The molecule has 32 heavy (non-hydrogen) atoms. The predicted molar refractivity (Wildman–Crippen MR) is 130 cm³/mol. The van der Waals surface area contributed by atoms with Gasteiger partial charge in [0.15, 0.2) is 0 Å². The van der Waals surface area contributed by atoms with Crippen molar-refractivity contribution in [3.8, 4) is 0 Å². The fourth-order valence-corrected chi connectivity index (χ4v) is 5.51. The molecule has 2 aliphatic rings. The molecular weight excluding hydrogens is 394 g/mol. The molecule has 1 aromatic heterocycles. The Labute approximate surface area is 191 Å². The molecule has 1 amide bonds. The zero-order chi connectivity index (χ0) is 22.3. The van der Waals surface area contributed by atoms with Gasteiger partial charge in [-0.05, 0) is 41.5 Å². The van der Waals surface area contributed by atoms with Crippen LogP contribution in [0.2, 0.25) is 0 Å². The summed E-state index contributed by atoms with van der Waals surface area (Å²) < 4.78 is 2.35. The maximum atomic E-state index is 13.0. The van der Waals surface area contributed by atoms with Gasteiger partial charge in [-0.3, -0.25) is 4.79 Å². The van der Waals surface area contributed by atoms with Gasteiger partial charge in [0.1, 0.15) is 5.82 Å². The van der Waals surface area contributed by atoms with E-state index in [4.69, 9.17) is 4.98 Å². The number of amides is 1. The number of aromatic nitrogens is 2. The van der Waals surface area contributed by atoms with E-state index in [-0.39, 0.29) is 11.3 Å². The second-order valence-corrected chi connectivity index (χ2v) is 10.7. The fourth-order valence-electron chi connectivity index (χ4n) is 5.51. The summed E-state index contributed by atoms with van der Waals surface area (Å²) in [5.74, 6) is 1.55. The minimum atomic E-state index is 0.151. The maximum Gasteiger partial charge on any atom is 0.223 e. The number of benzene rings is 2. The van der Waals surface area contributed by atoms with E-state index < -0.39 is 0 Å². The topological polar surface area (TPSA) is 38.1 Å². The first-order chi connectivity index (χ1) is 15.4. The summed E-state index contributed by atoms with van der Waals surface area (Å²) in [4.78, 5) is 20.2. The highest BCUT2D eigenvalue weighted by molar-refractivity contribution is 5.81. The first-order valence-corrected chi connectivity index (χ1v) is 12.2. The van der Waals surface area contributed by atoms with Gasteiger partial charge in [0.25, 0.3) is 0 Å². The number of carbonyl (C=O) groups is 1. The average molecular weight is 430 g/mol. The van der Waals surface area contributed by atoms with Gasteiger partial charge in [0.05, 0.1) is 11.0 Å². The molecule has 0 bridgehead atoms. The van der Waals surface area contributed by atoms with E-state index in [2.05, 4.69) is 78.8 Å². The van der Waals surface area contributed by atoms with E-state index in [1.165, 1.54) is 30.4 Å². The Bertz CT molecular complexity index is 1100. The average Bonchev–Trinajstić information content (AvgIpc) is 3.35. The highest BCUT2D eigenvalue weighted by Crippen LogP contribution is 2.35. The number of hydrogen-bond acceptors (Lipinski definition) is 2. The maximum absolute atomic E-state index is 13.0. The van der Waals surface area contributed by atoms with Gasteiger partial charge in [-0.25, -0.2) is 4.98 Å². The number of hydrogen-bond donors (Lipinski definition) is 0. The van der Waals surface area contributed by atoms with E-state index in [0.717, 1.165) is 42.8 Å². The van der Waals surface area contributed by atoms with Crippen molar-refractivity contribution in [2.45, 2.75) is 83.2 Å². The SMILES string of the molecule is CC(C)(C)c1ccc(Cn2c(C3CC(=O)N(C4CCCCC4)C3)nc3ccccc32)cc1. The van der Waals surface area contributed by atoms with Crippen LogP contribution >= 0.6 is 0 Å². The van der Waals surface area contributed by atoms with Crippen LogP contribution in [-0.4, -0.2) is 32.9 Å². The van der Waals surface area contributed by atoms with Crippen LogP contribution in [0.3, 0.4) is 0 Å². The van der Waals surface area contributed by atoms with Gasteiger partial charge in [0, 0.05) is 31.5 Å². The van der Waals surface area contributed by atoms with Gasteiger partial charge < -0.3 is 9.47 Å². The van der Waals surface area contributed by atoms with Gasteiger partial charge in [0.2, 0.25) is 5.91 Å². The molecule has 0 N–H and O–H groups in total. The zero-order valence-corrected chi connectivity index (χ0v) is 19.7. The first kappa shape index (κ1) is 21.2. The molecule has 1 unspecified atom stereocenters. The van der Waals surface area contributed by atoms with Crippen LogP contribution in [0.1, 0.15) is 82.2 Å². The van der Waals surface area contributed by atoms with Crippen molar-refractivity contribution in [1.82, 2.24) is 14.5 Å². The molecule has 1 saturated heterocycles. The van der Waals surface area contributed by atoms with Crippen LogP contribution in [0.5, 0.6) is 0 Å². The molecule has 4 heteroatoms. The molecule has 1 atom stereocenters. The third kappa shape index (κ3) is 4.07. The van der Waals surface area contributed by atoms with Crippen molar-refractivity contribution in [3.05, 3.63) is 65.5 Å². The van der Waals surface area contributed by atoms with Crippen molar-refractivity contribution in [3.63, 3.8) is 0 Å². The van der Waals surface area contributed by atoms with E-state index in [1.54, 1.807) is 0 Å². The van der Waals surface area contributed by atoms with Crippen molar-refractivity contribution in [2.24, 2.45) is 0 Å². The van der Waals surface area contributed by atoms with Crippen molar-refractivity contribution in [2.75, 3.05) is 6.54 Å². The molecule has 2 fully saturated rings. The summed E-state index contributed by atoms with van der Waals surface area (Å²) in [7, 11) is 0. The number of nitrogens with zero attached hydrogens (tertiary/aromatic N) is 3. The lowest BCUT2D eigenvalue weighted by atomic mass is 9.87. The Kier molecular flexibility index (Phi) is 5.56. The van der Waals surface area contributed by atoms with Gasteiger partial charge in [-0.15, -0.1) is 0 Å². The molecule has 4 nitrogen and oxygen atoms in total. The normalized spacial score (nSPS) is 20.4. The number of para-hydroxylation sites is 2. The van der Waals surface area contributed by atoms with Crippen LogP contribution in [0.15, 0.2) is 48.5 Å². The lowest BCUT2D eigenvalue weighted by Crippen LogP contribution is -2.37. The Morgan fingerprint density at radius 3 is 2.41 bits per heavy atom. The third-order valence-corrected chi connectivity index (χ3v) is 7.38. The number of likely N-dealkylation sites (tertiary alicyclic amines) is 1. The van der Waals surface area contributed by atoms with E-state index in [9.17, 15) is 4.79 Å². The van der Waals surface area contributed by atoms with E-state index >= 15 is 0 Å². The predicted octanol–water partition coefficient (Wildman–Crippen LogP) is 6.03. The lowest BCUT2D eigenvalue weighted by molar-refractivity contribution is -0.130. The summed E-state index contributed by atoms with van der Waals surface area (Å²) in [5.41, 5.74) is 4.96. The molecule has 168 valence electrons. The Balaban J connectivity index is 1.45. The summed E-state index contributed by atoms with van der Waals surface area (Å²) in [6.45, 7) is 8.35. The number of imidazole rings is 1. The van der Waals surface area contributed by atoms with Crippen LogP contribution in [0.4, 0.5) is 0 Å². The van der Waals surface area contributed by atoms with Crippen LogP contribution in [0, 0.1) is 0 Å². The second kappa shape index (κ2) is 8.38. The summed E-state index contributed by atoms with van der Waals surface area (Å²) in [6, 6.07) is 17.8. The minimum Gasteiger partial charge on any atom is -0.339 e. The largest absolute Gasteiger partial charge is 0.339 e. The first-order valence-electron chi connectivity index (χ1n) is 12.2. The molecule has 2 heterocycles. The van der Waals surface area contributed by atoms with Crippen molar-refractivity contribution >= 4 is 16.9 Å². The lowest BCUT2D eigenvalue weighted by Gasteiger charge is -2.31. The summed E-state index contributed by atoms with van der Waals surface area (Å²) in [6.07, 6.45) is 6.73. The minimum absolute atomic E-state index is 0.151. The number of rotatable bonds is 4. The Morgan fingerprint density at radius 1 is 0.969 bits per heavy atom. The molecule has 3 aromatic rings. The molecule has 1 saturated carbocycles. The van der Waals surface area contributed by atoms with Crippen LogP contribution < -0.4 is 0 Å². The highest BCUT2D eigenvalue weighted by atomic mass is 16.2. The van der Waals surface area contributed by atoms with Gasteiger partial charge in [-0.1, -0.05) is 76.4 Å². The van der Waals surface area contributed by atoms with Crippen molar-refractivity contribution < 1.29 is 4.79 Å². The van der Waals surface area contributed by atoms with E-state index in [0.29, 0.717) is 18.4 Å². The molecule has 5 rings (SSSR count). The monoisotopic (exact) mass is 429 g/mol. The van der Waals surface area contributed by atoms with Crippen LogP contribution in [0.25, 0.3) is 11.0 Å². The standard InChI is InChI=1S/C28H35N3O/c1-28(2,3)22-15-13-20(14-16-22)18-31-25-12-8-7-11-24(25)29-27(31)21-17-26(32)30(19-21)23-9-5-4-6-10-23/h7-8,11-16,21,23H,4-6,9-10,17-19H2,1-3H3. The summed E-state index contributed by atoms with van der Waals surface area (Å²) in [5, 5.41) is 0. The molecule has 0 radical (unpaired) electrons. The Morgan fingerprint density at radius 2 is 1.69 bits per heavy atom. The van der Waals surface area contributed by atoms with Crippen molar-refractivity contribution in [1.29, 1.82) is 0 Å². The fraction of sp³-hybridized carbons (Fsp3) is 0.500. The Hall–Kier alpha value is -2.62. The van der Waals surface area contributed by atoms with Gasteiger partial charge in [-0.2, -0.15) is 0 Å². The third-order valence-electron chi connectivity index (χ3n) is 7.38. The quantitative estimate of drug-likeness (QED) is 0.508. The molecule has 2 aromatic carbocycles. The molecule has 1 aliphatic carbocycles. The molecule has 0 spiro atoms. The zero-order valence-electron chi connectivity index (χ0n) is 19.7. The highest BCUT2D eigenvalue weighted by Gasteiger charge is 2.37. The second-order valence-electron chi connectivity index (χ2n) is 10.7. The molecule has 1 aliphatic heterocycles. The van der Waals surface area contributed by atoms with Crippen LogP contribution in [-0.2, 0) is 16.8 Å². The number of fused-ring (bicyclic) bond motifs is 1. The van der Waals surface area contributed by atoms with E-state index in [1.807, 2.05) is 0 Å². The van der Waals surface area contributed by atoms with Gasteiger partial charge >= 0.3 is 0 Å². The smallest absolute Gasteiger partial charge is 0.223 e. The number of carbonyl (C=O) groups excluding carboxylic acids is 1. The summed E-state index contributed by atoms with van der Waals surface area (Å²) >= 11 is 0. The molecular formula is C28H35N3O.